The topological polar surface area (TPSA) is 9.86 Å². The van der Waals surface area contributed by atoms with E-state index < -0.39 is 0 Å². The van der Waals surface area contributed by atoms with Crippen LogP contribution in [0.3, 0.4) is 0 Å². The fourth-order valence-electron chi connectivity index (χ4n) is 10.5. The van der Waals surface area contributed by atoms with E-state index in [9.17, 15) is 0 Å². The van der Waals surface area contributed by atoms with Crippen LogP contribution in [0.4, 0.5) is 0 Å². The van der Waals surface area contributed by atoms with E-state index in [4.69, 9.17) is 0 Å². The molecule has 0 aliphatic rings. The number of para-hydroxylation sites is 1. The first-order valence-corrected chi connectivity index (χ1v) is 23.5. The van der Waals surface area contributed by atoms with Crippen molar-refractivity contribution in [1.82, 2.24) is 9.13 Å². The van der Waals surface area contributed by atoms with E-state index in [1.54, 1.807) is 0 Å². The summed E-state index contributed by atoms with van der Waals surface area (Å²) >= 11 is 3.82. The van der Waals surface area contributed by atoms with Crippen molar-refractivity contribution in [2.45, 2.75) is 0 Å². The highest BCUT2D eigenvalue weighted by molar-refractivity contribution is 7.27. The lowest BCUT2D eigenvalue weighted by molar-refractivity contribution is 1.14. The molecule has 4 aromatic heterocycles. The van der Waals surface area contributed by atoms with Crippen LogP contribution in [0.15, 0.2) is 218 Å². The molecule has 0 spiro atoms. The lowest BCUT2D eigenvalue weighted by Gasteiger charge is -2.22. The first-order chi connectivity index (χ1) is 31.8. The SMILES string of the molecule is c1ccc(-c2cc(-n3c4ccccc4c4ccc(-c5ccccc5)cc43)c(-c3ccccc3)c(-n3c4c(ccc5c6ccccc6sc54)c4ccc5c6ccccc6sc5c43)c2)cc1. The van der Waals surface area contributed by atoms with Gasteiger partial charge in [0.15, 0.2) is 0 Å². The largest absolute Gasteiger partial charge is 0.308 e. The highest BCUT2D eigenvalue weighted by atomic mass is 32.1. The molecule has 0 fully saturated rings. The molecule has 14 aromatic rings. The predicted octanol–water partition coefficient (Wildman–Crippen LogP) is 17.6. The van der Waals surface area contributed by atoms with Gasteiger partial charge in [-0.3, -0.25) is 0 Å². The molecule has 0 radical (unpaired) electrons. The molecule has 4 heteroatoms. The molecule has 0 N–H and O–H groups in total. The Bertz CT molecular complexity index is 4040. The zero-order valence-corrected chi connectivity index (χ0v) is 36.1. The van der Waals surface area contributed by atoms with Crippen LogP contribution in [0.2, 0.25) is 0 Å². The van der Waals surface area contributed by atoms with Gasteiger partial charge in [0.05, 0.1) is 42.8 Å². The molecule has 2 nitrogen and oxygen atoms in total. The number of rotatable bonds is 5. The van der Waals surface area contributed by atoms with Crippen molar-refractivity contribution >= 4 is 107 Å². The van der Waals surface area contributed by atoms with Gasteiger partial charge in [-0.2, -0.15) is 0 Å². The van der Waals surface area contributed by atoms with Crippen LogP contribution in [-0.4, -0.2) is 9.13 Å². The molecule has 0 atom stereocenters. The monoisotopic (exact) mass is 848 g/mol. The van der Waals surface area contributed by atoms with Gasteiger partial charge in [0.25, 0.3) is 0 Å². The van der Waals surface area contributed by atoms with E-state index in [-0.39, 0.29) is 0 Å². The van der Waals surface area contributed by atoms with Crippen LogP contribution in [0.5, 0.6) is 0 Å². The summed E-state index contributed by atoms with van der Waals surface area (Å²) in [6.07, 6.45) is 0. The molecule has 0 bridgehead atoms. The van der Waals surface area contributed by atoms with Gasteiger partial charge in [-0.1, -0.05) is 182 Å². The van der Waals surface area contributed by atoms with Gasteiger partial charge in [0.1, 0.15) is 0 Å². The molecule has 0 aliphatic carbocycles. The van der Waals surface area contributed by atoms with Crippen LogP contribution in [-0.2, 0) is 0 Å². The number of thiophene rings is 2. The Morgan fingerprint density at radius 2 is 0.703 bits per heavy atom. The number of hydrogen-bond acceptors (Lipinski definition) is 2. The molecule has 14 rings (SSSR count). The fraction of sp³-hybridized carbons (Fsp3) is 0. The molecule has 0 saturated carbocycles. The smallest absolute Gasteiger partial charge is 0.0720 e. The summed E-state index contributed by atoms with van der Waals surface area (Å²) in [6, 6.07) is 81.0. The van der Waals surface area contributed by atoms with Crippen LogP contribution in [0, 0.1) is 0 Å². The van der Waals surface area contributed by atoms with Gasteiger partial charge in [-0.05, 0) is 64.2 Å². The Morgan fingerprint density at radius 3 is 1.30 bits per heavy atom. The average molecular weight is 849 g/mol. The van der Waals surface area contributed by atoms with E-state index in [1.165, 1.54) is 112 Å². The van der Waals surface area contributed by atoms with Gasteiger partial charge in [0.2, 0.25) is 0 Å². The summed E-state index contributed by atoms with van der Waals surface area (Å²) in [5.41, 5.74) is 14.2. The summed E-state index contributed by atoms with van der Waals surface area (Å²) in [5, 5.41) is 10.2. The molecule has 0 saturated heterocycles. The number of hydrogen-bond donors (Lipinski definition) is 0. The van der Waals surface area contributed by atoms with Crippen LogP contribution in [0.25, 0.3) is 129 Å². The Labute approximate surface area is 376 Å². The molecular weight excluding hydrogens is 813 g/mol. The van der Waals surface area contributed by atoms with Crippen LogP contribution in [0.1, 0.15) is 0 Å². The molecule has 10 aromatic carbocycles. The fourth-order valence-corrected chi connectivity index (χ4v) is 13.0. The van der Waals surface area contributed by atoms with Crippen molar-refractivity contribution in [3.05, 3.63) is 218 Å². The second-order valence-electron chi connectivity index (χ2n) is 16.8. The molecular formula is C60H36N2S2. The molecule has 0 unspecified atom stereocenters. The number of fused-ring (bicyclic) bond motifs is 14. The van der Waals surface area contributed by atoms with Gasteiger partial charge >= 0.3 is 0 Å². The standard InChI is InChI=1S/C60H36N2S2/c1-4-16-37(17-5-1)40-28-29-43-42-22-10-13-25-50(42)61(51(43)34-40)52-35-41(38-18-6-2-7-19-38)36-53(56(52)39-20-8-3-9-21-39)62-57-46(30-32-48-44-23-11-14-26-54(44)63-59(48)57)47-31-33-49-45-24-12-15-27-55(45)64-60(49)58(47)62/h1-36H. The van der Waals surface area contributed by atoms with Crippen molar-refractivity contribution in [3.8, 4) is 44.8 Å². The summed E-state index contributed by atoms with van der Waals surface area (Å²) in [4.78, 5) is 0. The zero-order chi connectivity index (χ0) is 41.9. The van der Waals surface area contributed by atoms with Gasteiger partial charge in [0, 0.05) is 58.1 Å². The highest BCUT2D eigenvalue weighted by Gasteiger charge is 2.27. The quantitative estimate of drug-likeness (QED) is 0.163. The Hall–Kier alpha value is -7.76. The first kappa shape index (κ1) is 35.8. The van der Waals surface area contributed by atoms with E-state index in [0.717, 1.165) is 16.9 Å². The van der Waals surface area contributed by atoms with Gasteiger partial charge in [-0.15, -0.1) is 22.7 Å². The van der Waals surface area contributed by atoms with Gasteiger partial charge < -0.3 is 9.13 Å². The maximum absolute atomic E-state index is 2.67. The Kier molecular flexibility index (Phi) is 7.76. The maximum atomic E-state index is 2.67. The first-order valence-electron chi connectivity index (χ1n) is 21.8. The molecule has 64 heavy (non-hydrogen) atoms. The minimum absolute atomic E-state index is 1.14. The Balaban J connectivity index is 1.23. The summed E-state index contributed by atoms with van der Waals surface area (Å²) in [5.74, 6) is 0. The van der Waals surface area contributed by atoms with E-state index in [2.05, 4.69) is 228 Å². The van der Waals surface area contributed by atoms with Crippen molar-refractivity contribution in [3.63, 3.8) is 0 Å². The highest BCUT2D eigenvalue weighted by Crippen LogP contribution is 2.50. The lowest BCUT2D eigenvalue weighted by atomic mass is 9.95. The molecule has 0 aliphatic heterocycles. The van der Waals surface area contributed by atoms with Crippen molar-refractivity contribution in [2.75, 3.05) is 0 Å². The van der Waals surface area contributed by atoms with Crippen molar-refractivity contribution in [1.29, 1.82) is 0 Å². The number of aromatic nitrogens is 2. The van der Waals surface area contributed by atoms with Crippen LogP contribution >= 0.6 is 22.7 Å². The maximum Gasteiger partial charge on any atom is 0.0720 e. The summed E-state index contributed by atoms with van der Waals surface area (Å²) in [7, 11) is 0. The normalized spacial score (nSPS) is 12.1. The predicted molar refractivity (Wildman–Crippen MR) is 277 cm³/mol. The lowest BCUT2D eigenvalue weighted by Crippen LogP contribution is -2.05. The van der Waals surface area contributed by atoms with E-state index >= 15 is 0 Å². The second kappa shape index (κ2) is 13.9. The minimum Gasteiger partial charge on any atom is -0.308 e. The number of benzene rings is 10. The molecule has 4 heterocycles. The number of nitrogens with zero attached hydrogens (tertiary/aromatic N) is 2. The average Bonchev–Trinajstić information content (AvgIpc) is 4.12. The third kappa shape index (κ3) is 5.18. The minimum atomic E-state index is 1.14. The van der Waals surface area contributed by atoms with Crippen molar-refractivity contribution < 1.29 is 0 Å². The van der Waals surface area contributed by atoms with E-state index in [1.807, 2.05) is 22.7 Å². The van der Waals surface area contributed by atoms with Crippen molar-refractivity contribution in [2.24, 2.45) is 0 Å². The Morgan fingerprint density at radius 1 is 0.266 bits per heavy atom. The summed E-state index contributed by atoms with van der Waals surface area (Å²) in [6.45, 7) is 0. The summed E-state index contributed by atoms with van der Waals surface area (Å²) < 4.78 is 10.4. The molecule has 0 amide bonds. The van der Waals surface area contributed by atoms with E-state index in [0.29, 0.717) is 0 Å². The third-order valence-corrected chi connectivity index (χ3v) is 15.7. The van der Waals surface area contributed by atoms with Gasteiger partial charge in [-0.25, -0.2) is 0 Å². The third-order valence-electron chi connectivity index (χ3n) is 13.3. The van der Waals surface area contributed by atoms with Crippen LogP contribution < -0.4 is 0 Å². The zero-order valence-electron chi connectivity index (χ0n) is 34.5. The molecule has 298 valence electrons. The second-order valence-corrected chi connectivity index (χ2v) is 18.9.